The Labute approximate surface area is 106 Å². The molecule has 0 amide bonds. The van der Waals surface area contributed by atoms with Gasteiger partial charge >= 0.3 is 5.97 Å². The number of carbonyl (C=O) groups is 1. The Kier molecular flexibility index (Phi) is 3.43. The maximum atomic E-state index is 11.0. The first-order valence-electron chi connectivity index (χ1n) is 4.75. The molecule has 17 heavy (non-hydrogen) atoms. The largest absolute Gasteiger partial charge is 0.478 e. The lowest BCUT2D eigenvalue weighted by atomic mass is 10.3. The van der Waals surface area contributed by atoms with Crippen LogP contribution in [0.1, 0.15) is 21.9 Å². The van der Waals surface area contributed by atoms with Crippen molar-refractivity contribution in [1.29, 1.82) is 0 Å². The Morgan fingerprint density at radius 3 is 3.00 bits per heavy atom. The van der Waals surface area contributed by atoms with Gasteiger partial charge in [-0.3, -0.25) is 4.68 Å². The van der Waals surface area contributed by atoms with Gasteiger partial charge in [-0.2, -0.15) is 9.47 Å². The second-order valence-electron chi connectivity index (χ2n) is 3.33. The monoisotopic (exact) mass is 270 g/mol. The van der Waals surface area contributed by atoms with Crippen LogP contribution in [-0.2, 0) is 12.8 Å². The molecule has 8 heteroatoms. The number of hydrogen-bond acceptors (Lipinski definition) is 6. The van der Waals surface area contributed by atoms with Crippen molar-refractivity contribution in [2.75, 3.05) is 0 Å². The molecule has 0 fully saturated rings. The van der Waals surface area contributed by atoms with Gasteiger partial charge in [0.1, 0.15) is 11.4 Å². The molecular formula is C9H10N4O2S2. The van der Waals surface area contributed by atoms with Gasteiger partial charge in [0.25, 0.3) is 0 Å². The first-order valence-corrected chi connectivity index (χ1v) is 6.51. The minimum absolute atomic E-state index is 0.237. The number of carboxylic acids is 1. The minimum atomic E-state index is -0.956. The summed E-state index contributed by atoms with van der Waals surface area (Å²) in [7, 11) is 1.73. The van der Waals surface area contributed by atoms with Gasteiger partial charge in [0.2, 0.25) is 0 Å². The molecule has 0 aliphatic rings. The zero-order chi connectivity index (χ0) is 12.4. The first kappa shape index (κ1) is 12.1. The smallest absolute Gasteiger partial charge is 0.339 e. The van der Waals surface area contributed by atoms with E-state index in [4.69, 9.17) is 5.11 Å². The van der Waals surface area contributed by atoms with Crippen LogP contribution in [0.4, 0.5) is 0 Å². The van der Waals surface area contributed by atoms with Crippen LogP contribution >= 0.6 is 23.3 Å². The maximum Gasteiger partial charge on any atom is 0.339 e. The summed E-state index contributed by atoms with van der Waals surface area (Å²) >= 11 is 2.78. The second-order valence-corrected chi connectivity index (χ2v) is 5.30. The van der Waals surface area contributed by atoms with E-state index in [2.05, 4.69) is 14.5 Å². The lowest BCUT2D eigenvalue weighted by Crippen LogP contribution is -2.03. The molecule has 1 N–H and O–H groups in total. The van der Waals surface area contributed by atoms with Crippen molar-refractivity contribution < 1.29 is 9.90 Å². The molecule has 0 aliphatic heterocycles. The van der Waals surface area contributed by atoms with Crippen molar-refractivity contribution in [2.24, 2.45) is 7.05 Å². The number of thioether (sulfide) groups is 1. The summed E-state index contributed by atoms with van der Waals surface area (Å²) in [5.74, 6) is 0.301. The highest BCUT2D eigenvalue weighted by molar-refractivity contribution is 8.00. The van der Waals surface area contributed by atoms with Crippen LogP contribution in [0.5, 0.6) is 0 Å². The van der Waals surface area contributed by atoms with Gasteiger partial charge in [-0.1, -0.05) is 11.8 Å². The molecular weight excluding hydrogens is 260 g/mol. The van der Waals surface area contributed by atoms with Gasteiger partial charge in [-0.15, -0.1) is 0 Å². The van der Waals surface area contributed by atoms with Crippen LogP contribution in [-0.4, -0.2) is 30.2 Å². The fourth-order valence-electron chi connectivity index (χ4n) is 1.28. The SMILES string of the molecule is Cc1nsc(SCc2c(C(=O)O)cnn2C)n1. The Morgan fingerprint density at radius 2 is 2.41 bits per heavy atom. The predicted octanol–water partition coefficient (Wildman–Crippen LogP) is 1.57. The van der Waals surface area contributed by atoms with Gasteiger partial charge in [-0.05, 0) is 18.5 Å². The maximum absolute atomic E-state index is 11.0. The van der Waals surface area contributed by atoms with Crippen molar-refractivity contribution >= 4 is 29.3 Å². The highest BCUT2D eigenvalue weighted by atomic mass is 32.2. The van der Waals surface area contributed by atoms with E-state index < -0.39 is 5.97 Å². The number of rotatable bonds is 4. The fourth-order valence-corrected chi connectivity index (χ4v) is 3.00. The van der Waals surface area contributed by atoms with E-state index in [9.17, 15) is 4.79 Å². The third kappa shape index (κ3) is 2.64. The summed E-state index contributed by atoms with van der Waals surface area (Å²) in [6.07, 6.45) is 1.36. The minimum Gasteiger partial charge on any atom is -0.478 e. The highest BCUT2D eigenvalue weighted by Crippen LogP contribution is 2.25. The van der Waals surface area contributed by atoms with Crippen LogP contribution in [0.15, 0.2) is 10.5 Å². The normalized spacial score (nSPS) is 10.7. The summed E-state index contributed by atoms with van der Waals surface area (Å²) in [5, 5.41) is 12.9. The predicted molar refractivity (Wildman–Crippen MR) is 64.4 cm³/mol. The Bertz CT molecular complexity index is 549. The molecule has 2 heterocycles. The first-order chi connectivity index (χ1) is 8.08. The number of carboxylic acid groups (broad SMARTS) is 1. The number of hydrogen-bond donors (Lipinski definition) is 1. The summed E-state index contributed by atoms with van der Waals surface area (Å²) in [6, 6.07) is 0. The van der Waals surface area contributed by atoms with Crippen molar-refractivity contribution in [3.05, 3.63) is 23.3 Å². The molecule has 2 aromatic rings. The average molecular weight is 270 g/mol. The molecule has 0 spiro atoms. The Hall–Kier alpha value is -1.41. The number of nitrogens with zero attached hydrogens (tertiary/aromatic N) is 4. The van der Waals surface area contributed by atoms with Crippen molar-refractivity contribution in [3.8, 4) is 0 Å². The van der Waals surface area contributed by atoms with E-state index in [1.807, 2.05) is 6.92 Å². The molecule has 90 valence electrons. The van der Waals surface area contributed by atoms with Crippen LogP contribution in [0.2, 0.25) is 0 Å². The zero-order valence-electron chi connectivity index (χ0n) is 9.25. The Morgan fingerprint density at radius 1 is 1.65 bits per heavy atom. The zero-order valence-corrected chi connectivity index (χ0v) is 10.9. The molecule has 0 saturated heterocycles. The van der Waals surface area contributed by atoms with Gasteiger partial charge in [0.05, 0.1) is 11.9 Å². The third-order valence-corrected chi connectivity index (χ3v) is 4.07. The number of aromatic carboxylic acids is 1. The van der Waals surface area contributed by atoms with E-state index in [1.54, 1.807) is 11.7 Å². The van der Waals surface area contributed by atoms with Crippen molar-refractivity contribution in [2.45, 2.75) is 17.0 Å². The topological polar surface area (TPSA) is 80.9 Å². The lowest BCUT2D eigenvalue weighted by Gasteiger charge is -2.01. The summed E-state index contributed by atoms with van der Waals surface area (Å²) in [5.41, 5.74) is 0.914. The molecule has 0 unspecified atom stereocenters. The van der Waals surface area contributed by atoms with E-state index in [0.717, 1.165) is 10.2 Å². The molecule has 6 nitrogen and oxygen atoms in total. The van der Waals surface area contributed by atoms with E-state index in [-0.39, 0.29) is 5.56 Å². The van der Waals surface area contributed by atoms with Crippen LogP contribution in [0.3, 0.4) is 0 Å². The Balaban J connectivity index is 2.13. The molecule has 0 saturated carbocycles. The van der Waals surface area contributed by atoms with Crippen LogP contribution < -0.4 is 0 Å². The lowest BCUT2D eigenvalue weighted by molar-refractivity contribution is 0.0696. The molecule has 0 bridgehead atoms. The molecule has 0 aromatic carbocycles. The van der Waals surface area contributed by atoms with Crippen LogP contribution in [0.25, 0.3) is 0 Å². The van der Waals surface area contributed by atoms with Gasteiger partial charge in [0, 0.05) is 12.8 Å². The number of aryl methyl sites for hydroxylation is 2. The average Bonchev–Trinajstić information content (AvgIpc) is 2.82. The molecule has 2 rings (SSSR count). The fraction of sp³-hybridized carbons (Fsp3) is 0.333. The van der Waals surface area contributed by atoms with Crippen LogP contribution in [0, 0.1) is 6.92 Å². The molecule has 0 radical (unpaired) electrons. The van der Waals surface area contributed by atoms with Gasteiger partial charge < -0.3 is 5.11 Å². The van der Waals surface area contributed by atoms with Crippen molar-refractivity contribution in [3.63, 3.8) is 0 Å². The highest BCUT2D eigenvalue weighted by Gasteiger charge is 2.15. The molecule has 0 aliphatic carbocycles. The summed E-state index contributed by atoms with van der Waals surface area (Å²) in [6.45, 7) is 1.83. The summed E-state index contributed by atoms with van der Waals surface area (Å²) in [4.78, 5) is 15.2. The third-order valence-electron chi connectivity index (χ3n) is 2.13. The second kappa shape index (κ2) is 4.84. The molecule has 2 aromatic heterocycles. The number of aromatic nitrogens is 4. The van der Waals surface area contributed by atoms with Crippen molar-refractivity contribution in [1.82, 2.24) is 19.1 Å². The van der Waals surface area contributed by atoms with Gasteiger partial charge in [0.15, 0.2) is 4.34 Å². The summed E-state index contributed by atoms with van der Waals surface area (Å²) < 4.78 is 6.47. The van der Waals surface area contributed by atoms with E-state index >= 15 is 0 Å². The standard InChI is InChI=1S/C9H10N4O2S2/c1-5-11-9(17-12-5)16-4-7-6(8(14)15)3-10-13(7)2/h3H,4H2,1-2H3,(H,14,15). The molecule has 0 atom stereocenters. The quantitative estimate of drug-likeness (QED) is 0.849. The van der Waals surface area contributed by atoms with Gasteiger partial charge in [-0.25, -0.2) is 9.78 Å². The van der Waals surface area contributed by atoms with E-state index in [1.165, 1.54) is 29.5 Å². The van der Waals surface area contributed by atoms with E-state index in [0.29, 0.717) is 11.4 Å².